The molecule has 1 atom stereocenters. The minimum Gasteiger partial charge on any atom is -0.324 e. The molecule has 1 N–H and O–H groups in total. The van der Waals surface area contributed by atoms with E-state index in [1.54, 1.807) is 18.2 Å². The number of rotatable bonds is 3. The maximum Gasteiger partial charge on any atom is 0.229 e. The van der Waals surface area contributed by atoms with E-state index in [0.717, 1.165) is 11.1 Å². The summed E-state index contributed by atoms with van der Waals surface area (Å²) in [6.07, 6.45) is 0.0882. The van der Waals surface area contributed by atoms with Gasteiger partial charge in [0.15, 0.2) is 0 Å². The predicted octanol–water partition coefficient (Wildman–Crippen LogP) is 4.09. The molecule has 2 aromatic carbocycles. The lowest BCUT2D eigenvalue weighted by Crippen LogP contribution is -2.28. The molecule has 2 aromatic rings. The van der Waals surface area contributed by atoms with Crippen LogP contribution < -0.4 is 10.2 Å². The van der Waals surface area contributed by atoms with Crippen LogP contribution in [-0.4, -0.2) is 18.4 Å². The number of anilines is 2. The maximum absolute atomic E-state index is 13.4. The number of carbonyl (C=O) groups is 2. The van der Waals surface area contributed by atoms with Crippen molar-refractivity contribution in [2.45, 2.75) is 20.3 Å². The summed E-state index contributed by atoms with van der Waals surface area (Å²) in [4.78, 5) is 26.2. The SMILES string of the molecule is Cc1cc(C)c(NC(=O)C2CC(=O)N(c3cccc(F)c3)C2)c(Cl)c1. The number of carbonyl (C=O) groups excluding carboxylic acids is 2. The van der Waals surface area contributed by atoms with Crippen molar-refractivity contribution in [3.63, 3.8) is 0 Å². The lowest BCUT2D eigenvalue weighted by molar-refractivity contribution is -0.122. The van der Waals surface area contributed by atoms with Crippen LogP contribution in [0.4, 0.5) is 15.8 Å². The van der Waals surface area contributed by atoms with Gasteiger partial charge in [-0.2, -0.15) is 0 Å². The van der Waals surface area contributed by atoms with E-state index in [-0.39, 0.29) is 24.8 Å². The Balaban J connectivity index is 1.75. The maximum atomic E-state index is 13.4. The fourth-order valence-corrected chi connectivity index (χ4v) is 3.44. The molecule has 0 bridgehead atoms. The van der Waals surface area contributed by atoms with E-state index in [9.17, 15) is 14.0 Å². The van der Waals surface area contributed by atoms with Crippen LogP contribution in [0.5, 0.6) is 0 Å². The number of hydrogen-bond donors (Lipinski definition) is 1. The molecule has 25 heavy (non-hydrogen) atoms. The first-order valence-corrected chi connectivity index (χ1v) is 8.36. The third-order valence-corrected chi connectivity index (χ3v) is 4.59. The van der Waals surface area contributed by atoms with E-state index in [0.29, 0.717) is 16.4 Å². The summed E-state index contributed by atoms with van der Waals surface area (Å²) in [5.74, 6) is -1.38. The molecule has 0 saturated carbocycles. The standard InChI is InChI=1S/C19H18ClFN2O2/c1-11-6-12(2)18(16(20)7-11)22-19(25)13-8-17(24)23(10-13)15-5-3-4-14(21)9-15/h3-7,9,13H,8,10H2,1-2H3,(H,22,25). The monoisotopic (exact) mass is 360 g/mol. The topological polar surface area (TPSA) is 49.4 Å². The largest absolute Gasteiger partial charge is 0.324 e. The molecule has 1 heterocycles. The number of hydrogen-bond acceptors (Lipinski definition) is 2. The lowest BCUT2D eigenvalue weighted by Gasteiger charge is -2.17. The van der Waals surface area contributed by atoms with Gasteiger partial charge in [0.1, 0.15) is 5.82 Å². The lowest BCUT2D eigenvalue weighted by atomic mass is 10.1. The molecule has 0 aromatic heterocycles. The number of nitrogens with zero attached hydrogens (tertiary/aromatic N) is 1. The molecule has 1 fully saturated rings. The van der Waals surface area contributed by atoms with Crippen LogP contribution in [0, 0.1) is 25.6 Å². The second-order valence-electron chi connectivity index (χ2n) is 6.31. The van der Waals surface area contributed by atoms with Crippen LogP contribution in [0.15, 0.2) is 36.4 Å². The normalized spacial score (nSPS) is 17.0. The van der Waals surface area contributed by atoms with Gasteiger partial charge in [0.2, 0.25) is 11.8 Å². The summed E-state index contributed by atoms with van der Waals surface area (Å²) in [5.41, 5.74) is 2.90. The van der Waals surface area contributed by atoms with Gasteiger partial charge in [-0.05, 0) is 49.2 Å². The van der Waals surface area contributed by atoms with Crippen LogP contribution in [0.25, 0.3) is 0 Å². The van der Waals surface area contributed by atoms with Crippen molar-refractivity contribution >= 4 is 34.8 Å². The molecule has 1 aliphatic heterocycles. The first-order valence-electron chi connectivity index (χ1n) is 7.98. The molecule has 0 radical (unpaired) electrons. The van der Waals surface area contributed by atoms with Crippen molar-refractivity contribution in [2.75, 3.05) is 16.8 Å². The van der Waals surface area contributed by atoms with Crippen LogP contribution in [0.2, 0.25) is 5.02 Å². The molecule has 0 spiro atoms. The molecule has 1 aliphatic rings. The molecule has 130 valence electrons. The van der Waals surface area contributed by atoms with Crippen molar-refractivity contribution < 1.29 is 14.0 Å². The summed E-state index contributed by atoms with van der Waals surface area (Å²) in [6.45, 7) is 4.01. The number of benzene rings is 2. The fraction of sp³-hybridized carbons (Fsp3) is 0.263. The Morgan fingerprint density at radius 1 is 1.28 bits per heavy atom. The molecule has 1 unspecified atom stereocenters. The summed E-state index contributed by atoms with van der Waals surface area (Å²) >= 11 is 6.22. The van der Waals surface area contributed by atoms with E-state index in [4.69, 9.17) is 11.6 Å². The van der Waals surface area contributed by atoms with E-state index in [1.165, 1.54) is 17.0 Å². The second kappa shape index (κ2) is 6.84. The van der Waals surface area contributed by atoms with E-state index in [1.807, 2.05) is 19.9 Å². The Labute approximate surface area is 150 Å². The van der Waals surface area contributed by atoms with Gasteiger partial charge in [-0.3, -0.25) is 9.59 Å². The Morgan fingerprint density at radius 2 is 2.04 bits per heavy atom. The Hall–Kier alpha value is -2.40. The molecular weight excluding hydrogens is 343 g/mol. The Kier molecular flexibility index (Phi) is 4.77. The second-order valence-corrected chi connectivity index (χ2v) is 6.72. The number of amides is 2. The molecular formula is C19H18ClFN2O2. The van der Waals surface area contributed by atoms with Gasteiger partial charge in [-0.15, -0.1) is 0 Å². The highest BCUT2D eigenvalue weighted by Gasteiger charge is 2.35. The first-order chi connectivity index (χ1) is 11.8. The van der Waals surface area contributed by atoms with E-state index in [2.05, 4.69) is 5.32 Å². The number of halogens is 2. The summed E-state index contributed by atoms with van der Waals surface area (Å²) in [7, 11) is 0. The van der Waals surface area contributed by atoms with E-state index < -0.39 is 11.7 Å². The quantitative estimate of drug-likeness (QED) is 0.896. The van der Waals surface area contributed by atoms with Crippen LogP contribution in [-0.2, 0) is 9.59 Å². The van der Waals surface area contributed by atoms with Gasteiger partial charge in [0.25, 0.3) is 0 Å². The van der Waals surface area contributed by atoms with Crippen molar-refractivity contribution in [3.05, 3.63) is 58.4 Å². The number of aryl methyl sites for hydroxylation is 2. The van der Waals surface area contributed by atoms with Gasteiger partial charge in [0, 0.05) is 18.7 Å². The van der Waals surface area contributed by atoms with Crippen molar-refractivity contribution in [1.82, 2.24) is 0 Å². The molecule has 6 heteroatoms. The minimum absolute atomic E-state index is 0.0882. The van der Waals surface area contributed by atoms with Crippen molar-refractivity contribution in [2.24, 2.45) is 5.92 Å². The average molecular weight is 361 g/mol. The Morgan fingerprint density at radius 3 is 2.72 bits per heavy atom. The third-order valence-electron chi connectivity index (χ3n) is 4.30. The third kappa shape index (κ3) is 3.66. The zero-order chi connectivity index (χ0) is 18.1. The van der Waals surface area contributed by atoms with E-state index >= 15 is 0 Å². The summed E-state index contributed by atoms with van der Waals surface area (Å²) in [6, 6.07) is 9.52. The van der Waals surface area contributed by atoms with Gasteiger partial charge in [0.05, 0.1) is 16.6 Å². The van der Waals surface area contributed by atoms with Crippen LogP contribution in [0.3, 0.4) is 0 Å². The molecule has 0 aliphatic carbocycles. The summed E-state index contributed by atoms with van der Waals surface area (Å²) in [5, 5.41) is 3.30. The highest BCUT2D eigenvalue weighted by molar-refractivity contribution is 6.34. The smallest absolute Gasteiger partial charge is 0.229 e. The highest BCUT2D eigenvalue weighted by atomic mass is 35.5. The predicted molar refractivity (Wildman–Crippen MR) is 96.4 cm³/mol. The molecule has 1 saturated heterocycles. The van der Waals surface area contributed by atoms with Gasteiger partial charge in [-0.25, -0.2) is 4.39 Å². The van der Waals surface area contributed by atoms with Crippen molar-refractivity contribution in [1.29, 1.82) is 0 Å². The van der Waals surface area contributed by atoms with Gasteiger partial charge >= 0.3 is 0 Å². The minimum atomic E-state index is -0.507. The Bertz CT molecular complexity index is 830. The van der Waals surface area contributed by atoms with Gasteiger partial charge in [-0.1, -0.05) is 23.7 Å². The molecule has 3 rings (SSSR count). The zero-order valence-electron chi connectivity index (χ0n) is 14.0. The van der Waals surface area contributed by atoms with Crippen LogP contribution in [0.1, 0.15) is 17.5 Å². The zero-order valence-corrected chi connectivity index (χ0v) is 14.7. The highest BCUT2D eigenvalue weighted by Crippen LogP contribution is 2.30. The van der Waals surface area contributed by atoms with Crippen molar-refractivity contribution in [3.8, 4) is 0 Å². The van der Waals surface area contributed by atoms with Gasteiger partial charge < -0.3 is 10.2 Å². The summed E-state index contributed by atoms with van der Waals surface area (Å²) < 4.78 is 13.4. The fourth-order valence-electron chi connectivity index (χ4n) is 3.08. The molecule has 4 nitrogen and oxygen atoms in total. The number of nitrogens with one attached hydrogen (secondary N) is 1. The average Bonchev–Trinajstić information content (AvgIpc) is 2.92. The first kappa shape index (κ1) is 17.4. The molecule has 2 amide bonds. The van der Waals surface area contributed by atoms with Crippen LogP contribution >= 0.6 is 11.6 Å².